The summed E-state index contributed by atoms with van der Waals surface area (Å²) in [6.45, 7) is -0.488. The van der Waals surface area contributed by atoms with Crippen molar-refractivity contribution < 1.29 is 23.5 Å². The van der Waals surface area contributed by atoms with Crippen molar-refractivity contribution in [2.24, 2.45) is 0 Å². The van der Waals surface area contributed by atoms with Gasteiger partial charge in [-0.2, -0.15) is 0 Å². The molecule has 3 rings (SSSR count). The van der Waals surface area contributed by atoms with Crippen LogP contribution in [0.25, 0.3) is 0 Å². The van der Waals surface area contributed by atoms with Gasteiger partial charge in [0.15, 0.2) is 6.61 Å². The molecule has 1 N–H and O–H groups in total. The van der Waals surface area contributed by atoms with Gasteiger partial charge < -0.3 is 14.8 Å². The fraction of sp³-hybridized carbons (Fsp3) is 0.0952. The number of nitrogens with zero attached hydrogens (tertiary/aromatic N) is 1. The summed E-state index contributed by atoms with van der Waals surface area (Å²) in [6.07, 6.45) is 3.12. The van der Waals surface area contributed by atoms with Gasteiger partial charge >= 0.3 is 5.97 Å². The van der Waals surface area contributed by atoms with Gasteiger partial charge in [0.05, 0.1) is 6.20 Å². The van der Waals surface area contributed by atoms with Gasteiger partial charge in [-0.1, -0.05) is 30.3 Å². The molecule has 0 aliphatic carbocycles. The first-order valence-electron chi connectivity index (χ1n) is 8.47. The minimum absolute atomic E-state index is 0.00373. The summed E-state index contributed by atoms with van der Waals surface area (Å²) in [5, 5.41) is 2.51. The topological polar surface area (TPSA) is 77.5 Å². The normalized spacial score (nSPS) is 10.2. The molecule has 0 fully saturated rings. The number of rotatable bonds is 7. The lowest BCUT2D eigenvalue weighted by molar-refractivity contribution is -0.124. The van der Waals surface area contributed by atoms with Gasteiger partial charge in [0.1, 0.15) is 22.9 Å². The molecule has 6 nitrogen and oxygen atoms in total. The first-order chi connectivity index (χ1) is 13.6. The van der Waals surface area contributed by atoms with Crippen LogP contribution < -0.4 is 10.1 Å². The van der Waals surface area contributed by atoms with E-state index in [1.807, 2.05) is 0 Å². The number of carbonyl (C=O) groups excluding carboxylic acids is 2. The monoisotopic (exact) mass is 380 g/mol. The Hall–Kier alpha value is -3.74. The molecule has 0 aliphatic rings. The van der Waals surface area contributed by atoms with Crippen LogP contribution in [-0.2, 0) is 16.1 Å². The van der Waals surface area contributed by atoms with Crippen molar-refractivity contribution in [2.75, 3.05) is 6.61 Å². The average molecular weight is 380 g/mol. The second kappa shape index (κ2) is 9.27. The van der Waals surface area contributed by atoms with Crippen LogP contribution in [0.15, 0.2) is 73.1 Å². The van der Waals surface area contributed by atoms with Crippen molar-refractivity contribution in [1.29, 1.82) is 0 Å². The Morgan fingerprint density at radius 2 is 1.79 bits per heavy atom. The van der Waals surface area contributed by atoms with E-state index in [-0.39, 0.29) is 17.9 Å². The fourth-order valence-corrected chi connectivity index (χ4v) is 2.35. The number of ether oxygens (including phenoxy) is 2. The highest BCUT2D eigenvalue weighted by molar-refractivity contribution is 5.94. The quantitative estimate of drug-likeness (QED) is 0.635. The van der Waals surface area contributed by atoms with Crippen molar-refractivity contribution in [3.63, 3.8) is 0 Å². The van der Waals surface area contributed by atoms with E-state index in [0.717, 1.165) is 0 Å². The van der Waals surface area contributed by atoms with Crippen molar-refractivity contribution >= 4 is 11.9 Å². The van der Waals surface area contributed by atoms with E-state index in [2.05, 4.69) is 10.3 Å². The van der Waals surface area contributed by atoms with Crippen LogP contribution in [0, 0.1) is 5.82 Å². The molecule has 1 amide bonds. The highest BCUT2D eigenvalue weighted by Gasteiger charge is 2.16. The number of esters is 1. The number of carbonyl (C=O) groups is 2. The average Bonchev–Trinajstić information content (AvgIpc) is 2.72. The van der Waals surface area contributed by atoms with Crippen LogP contribution in [0.1, 0.15) is 15.9 Å². The Morgan fingerprint density at radius 3 is 2.57 bits per heavy atom. The van der Waals surface area contributed by atoms with E-state index < -0.39 is 24.3 Å². The molecule has 0 saturated heterocycles. The third kappa shape index (κ3) is 5.14. The molecule has 1 aromatic heterocycles. The van der Waals surface area contributed by atoms with Gasteiger partial charge in [-0.05, 0) is 30.3 Å². The Balaban J connectivity index is 1.56. The molecule has 0 atom stereocenters. The van der Waals surface area contributed by atoms with Gasteiger partial charge in [0, 0.05) is 18.3 Å². The molecule has 0 unspecified atom stereocenters. The summed E-state index contributed by atoms with van der Waals surface area (Å²) < 4.78 is 24.2. The van der Waals surface area contributed by atoms with Crippen LogP contribution >= 0.6 is 0 Å². The Bertz CT molecular complexity index is 963. The lowest BCUT2D eigenvalue weighted by Gasteiger charge is -2.11. The lowest BCUT2D eigenvalue weighted by Crippen LogP contribution is -2.28. The molecule has 142 valence electrons. The molecular formula is C21H17FN2O4. The smallest absolute Gasteiger partial charge is 0.342 e. The first kappa shape index (κ1) is 19.0. The highest BCUT2D eigenvalue weighted by atomic mass is 19.1. The maximum atomic E-state index is 13.5. The number of para-hydroxylation sites is 1. The zero-order valence-electron chi connectivity index (χ0n) is 14.8. The second-order valence-corrected chi connectivity index (χ2v) is 5.73. The van der Waals surface area contributed by atoms with Crippen molar-refractivity contribution in [3.05, 3.63) is 90.0 Å². The largest absolute Gasteiger partial charge is 0.455 e. The van der Waals surface area contributed by atoms with Gasteiger partial charge in [-0.25, -0.2) is 9.18 Å². The Morgan fingerprint density at radius 1 is 1.00 bits per heavy atom. The van der Waals surface area contributed by atoms with Crippen molar-refractivity contribution in [3.8, 4) is 11.5 Å². The number of hydrogen-bond acceptors (Lipinski definition) is 5. The summed E-state index contributed by atoms with van der Waals surface area (Å²) in [5.41, 5.74) is 0.519. The SMILES string of the molecule is O=C(COC(=O)c1ccccc1Oc1cccnc1)NCc1ccccc1F. The number of halogens is 1. The summed E-state index contributed by atoms with van der Waals surface area (Å²) in [4.78, 5) is 28.2. The van der Waals surface area contributed by atoms with E-state index in [4.69, 9.17) is 9.47 Å². The van der Waals surface area contributed by atoms with Crippen LogP contribution in [0.2, 0.25) is 0 Å². The Kier molecular flexibility index (Phi) is 6.30. The second-order valence-electron chi connectivity index (χ2n) is 5.73. The number of amides is 1. The predicted molar refractivity (Wildman–Crippen MR) is 99.3 cm³/mol. The number of aromatic nitrogens is 1. The summed E-state index contributed by atoms with van der Waals surface area (Å²) in [6, 6.07) is 16.0. The maximum absolute atomic E-state index is 13.5. The maximum Gasteiger partial charge on any atom is 0.342 e. The van der Waals surface area contributed by atoms with Crippen LogP contribution in [0.4, 0.5) is 4.39 Å². The third-order valence-electron chi connectivity index (χ3n) is 3.74. The molecule has 0 spiro atoms. The highest BCUT2D eigenvalue weighted by Crippen LogP contribution is 2.25. The van der Waals surface area contributed by atoms with Gasteiger partial charge in [-0.3, -0.25) is 9.78 Å². The predicted octanol–water partition coefficient (Wildman–Crippen LogP) is 3.49. The van der Waals surface area contributed by atoms with E-state index in [9.17, 15) is 14.0 Å². The summed E-state index contributed by atoms with van der Waals surface area (Å²) in [7, 11) is 0. The van der Waals surface area contributed by atoms with Gasteiger partial charge in [0.2, 0.25) is 0 Å². The number of pyridine rings is 1. The lowest BCUT2D eigenvalue weighted by atomic mass is 10.2. The molecule has 0 bridgehead atoms. The summed E-state index contributed by atoms with van der Waals surface area (Å²) in [5.74, 6) is -0.915. The van der Waals surface area contributed by atoms with Gasteiger partial charge in [0.25, 0.3) is 5.91 Å². The third-order valence-corrected chi connectivity index (χ3v) is 3.74. The van der Waals surface area contributed by atoms with Crippen molar-refractivity contribution in [2.45, 2.75) is 6.54 Å². The fourth-order valence-electron chi connectivity index (χ4n) is 2.35. The van der Waals surface area contributed by atoms with Crippen LogP contribution in [0.3, 0.4) is 0 Å². The zero-order chi connectivity index (χ0) is 19.8. The molecule has 3 aromatic rings. The zero-order valence-corrected chi connectivity index (χ0v) is 14.8. The molecule has 2 aromatic carbocycles. The van der Waals surface area contributed by atoms with E-state index in [1.54, 1.807) is 54.7 Å². The standard InChI is InChI=1S/C21H17FN2O4/c22-18-9-3-1-6-15(18)12-24-20(25)14-27-21(26)17-8-2-4-10-19(17)28-16-7-5-11-23-13-16/h1-11,13H,12,14H2,(H,24,25). The number of hydrogen-bond donors (Lipinski definition) is 1. The molecule has 0 saturated carbocycles. The Labute approximate surface area is 160 Å². The molecule has 28 heavy (non-hydrogen) atoms. The van der Waals surface area contributed by atoms with Crippen LogP contribution in [-0.4, -0.2) is 23.5 Å². The minimum atomic E-state index is -0.708. The summed E-state index contributed by atoms with van der Waals surface area (Å²) >= 11 is 0. The van der Waals surface area contributed by atoms with Gasteiger partial charge in [-0.15, -0.1) is 0 Å². The van der Waals surface area contributed by atoms with E-state index in [1.165, 1.54) is 18.3 Å². The molecule has 1 heterocycles. The number of benzene rings is 2. The molecule has 0 aliphatic heterocycles. The van der Waals surface area contributed by atoms with Crippen LogP contribution in [0.5, 0.6) is 11.5 Å². The molecule has 0 radical (unpaired) electrons. The molecule has 7 heteroatoms. The number of nitrogens with one attached hydrogen (secondary N) is 1. The van der Waals surface area contributed by atoms with E-state index >= 15 is 0 Å². The van der Waals surface area contributed by atoms with Crippen molar-refractivity contribution in [1.82, 2.24) is 10.3 Å². The molecular weight excluding hydrogens is 363 g/mol. The van der Waals surface area contributed by atoms with E-state index in [0.29, 0.717) is 11.3 Å². The minimum Gasteiger partial charge on any atom is -0.455 e. The first-order valence-corrected chi connectivity index (χ1v) is 8.47.